The summed E-state index contributed by atoms with van der Waals surface area (Å²) in [5.74, 6) is -1.57. The summed E-state index contributed by atoms with van der Waals surface area (Å²) in [5, 5.41) is 0. The fraction of sp³-hybridized carbons (Fsp3) is 1.00. The molecular formula is C7H16ClP. The molecule has 1 aliphatic rings. The Morgan fingerprint density at radius 3 is 1.67 bits per heavy atom. The predicted molar refractivity (Wildman–Crippen MR) is 48.2 cm³/mol. The Morgan fingerprint density at radius 1 is 1.00 bits per heavy atom. The SMILES string of the molecule is CP1(C)(Cl)CCCCC1. The molecule has 0 N–H and O–H groups in total. The Hall–Kier alpha value is 0.720. The molecule has 0 saturated carbocycles. The van der Waals surface area contributed by atoms with Crippen LogP contribution in [0.5, 0.6) is 0 Å². The molecule has 0 amide bonds. The molecule has 0 atom stereocenters. The first-order valence-corrected chi connectivity index (χ1v) is 8.10. The third kappa shape index (κ3) is 2.43. The van der Waals surface area contributed by atoms with Crippen molar-refractivity contribution in [1.29, 1.82) is 0 Å². The van der Waals surface area contributed by atoms with Gasteiger partial charge in [-0.1, -0.05) is 0 Å². The maximum absolute atomic E-state index is 6.46. The molecule has 1 saturated heterocycles. The van der Waals surface area contributed by atoms with Crippen LogP contribution >= 0.6 is 17.2 Å². The molecule has 0 radical (unpaired) electrons. The van der Waals surface area contributed by atoms with Gasteiger partial charge in [0.05, 0.1) is 0 Å². The molecule has 2 heteroatoms. The van der Waals surface area contributed by atoms with E-state index in [-0.39, 0.29) is 0 Å². The van der Waals surface area contributed by atoms with Crippen LogP contribution in [0.2, 0.25) is 0 Å². The van der Waals surface area contributed by atoms with E-state index in [2.05, 4.69) is 13.3 Å². The van der Waals surface area contributed by atoms with Crippen LogP contribution in [0.4, 0.5) is 0 Å². The van der Waals surface area contributed by atoms with Crippen molar-refractivity contribution in [3.8, 4) is 0 Å². The molecule has 0 spiro atoms. The molecule has 0 bridgehead atoms. The van der Waals surface area contributed by atoms with Crippen molar-refractivity contribution < 1.29 is 0 Å². The molecule has 1 rings (SSSR count). The summed E-state index contributed by atoms with van der Waals surface area (Å²) in [7, 11) is 0. The average molecular weight is 167 g/mol. The molecule has 0 nitrogen and oxygen atoms in total. The second kappa shape index (κ2) is 2.10. The van der Waals surface area contributed by atoms with E-state index in [1.165, 1.54) is 31.6 Å². The Bertz CT molecular complexity index is 102. The van der Waals surface area contributed by atoms with E-state index in [0.29, 0.717) is 0 Å². The van der Waals surface area contributed by atoms with Crippen LogP contribution in [0.3, 0.4) is 0 Å². The topological polar surface area (TPSA) is 0 Å². The van der Waals surface area contributed by atoms with E-state index < -0.39 is 5.96 Å². The van der Waals surface area contributed by atoms with Crippen LogP contribution in [0, 0.1) is 0 Å². The zero-order valence-electron chi connectivity index (χ0n) is 6.36. The molecule has 0 aliphatic carbocycles. The number of rotatable bonds is 0. The van der Waals surface area contributed by atoms with Gasteiger partial charge in [-0.3, -0.25) is 0 Å². The second-order valence-corrected chi connectivity index (χ2v) is 13.4. The Labute approximate surface area is 62.7 Å². The van der Waals surface area contributed by atoms with Gasteiger partial charge in [0.2, 0.25) is 0 Å². The van der Waals surface area contributed by atoms with Crippen molar-refractivity contribution in [2.45, 2.75) is 19.3 Å². The van der Waals surface area contributed by atoms with Gasteiger partial charge < -0.3 is 0 Å². The third-order valence-corrected chi connectivity index (χ3v) is 6.60. The van der Waals surface area contributed by atoms with Gasteiger partial charge in [0.15, 0.2) is 0 Å². The molecule has 0 aromatic carbocycles. The monoisotopic (exact) mass is 166 g/mol. The molecule has 56 valence electrons. The van der Waals surface area contributed by atoms with Crippen molar-refractivity contribution in [2.75, 3.05) is 25.7 Å². The van der Waals surface area contributed by atoms with Crippen molar-refractivity contribution >= 4 is 17.2 Å². The van der Waals surface area contributed by atoms with E-state index in [9.17, 15) is 0 Å². The molecule has 0 aromatic rings. The van der Waals surface area contributed by atoms with Gasteiger partial charge >= 0.3 is 62.1 Å². The first-order chi connectivity index (χ1) is 3.97. The molecular weight excluding hydrogens is 151 g/mol. The summed E-state index contributed by atoms with van der Waals surface area (Å²) >= 11 is 6.46. The summed E-state index contributed by atoms with van der Waals surface area (Å²) in [4.78, 5) is 0. The van der Waals surface area contributed by atoms with Crippen LogP contribution in [-0.2, 0) is 0 Å². The first kappa shape index (κ1) is 7.82. The molecule has 1 aliphatic heterocycles. The van der Waals surface area contributed by atoms with Crippen LogP contribution in [0.15, 0.2) is 0 Å². The summed E-state index contributed by atoms with van der Waals surface area (Å²) in [6.45, 7) is 4.60. The number of halogens is 1. The minimum absolute atomic E-state index is 1.31. The average Bonchev–Trinajstić information content (AvgIpc) is 1.62. The zero-order chi connectivity index (χ0) is 6.98. The van der Waals surface area contributed by atoms with Crippen LogP contribution < -0.4 is 0 Å². The Kier molecular flexibility index (Phi) is 1.83. The fourth-order valence-electron chi connectivity index (χ4n) is 1.49. The van der Waals surface area contributed by atoms with Crippen molar-refractivity contribution in [1.82, 2.24) is 0 Å². The van der Waals surface area contributed by atoms with E-state index in [1.807, 2.05) is 0 Å². The number of hydrogen-bond donors (Lipinski definition) is 0. The van der Waals surface area contributed by atoms with Crippen LogP contribution in [-0.4, -0.2) is 25.7 Å². The predicted octanol–water partition coefficient (Wildman–Crippen LogP) is 3.14. The molecule has 0 aromatic heterocycles. The van der Waals surface area contributed by atoms with Gasteiger partial charge in [-0.15, -0.1) is 0 Å². The summed E-state index contributed by atoms with van der Waals surface area (Å²) < 4.78 is 0. The van der Waals surface area contributed by atoms with Crippen molar-refractivity contribution in [3.05, 3.63) is 0 Å². The molecule has 1 heterocycles. The minimum atomic E-state index is -1.57. The zero-order valence-corrected chi connectivity index (χ0v) is 8.01. The summed E-state index contributed by atoms with van der Waals surface area (Å²) in [5.41, 5.74) is 0. The van der Waals surface area contributed by atoms with Gasteiger partial charge in [0.25, 0.3) is 0 Å². The van der Waals surface area contributed by atoms with Crippen molar-refractivity contribution in [2.24, 2.45) is 0 Å². The van der Waals surface area contributed by atoms with Gasteiger partial charge in [-0.2, -0.15) is 0 Å². The van der Waals surface area contributed by atoms with Crippen molar-refractivity contribution in [3.63, 3.8) is 0 Å². The standard InChI is InChI=1S/C7H16ClP/c1-9(2,8)6-4-3-5-7-9/h3-7H2,1-2H3. The quantitative estimate of drug-likeness (QED) is 0.485. The van der Waals surface area contributed by atoms with E-state index in [4.69, 9.17) is 11.2 Å². The molecule has 9 heavy (non-hydrogen) atoms. The van der Waals surface area contributed by atoms with Crippen LogP contribution in [0.25, 0.3) is 0 Å². The van der Waals surface area contributed by atoms with Gasteiger partial charge in [0, 0.05) is 0 Å². The molecule has 0 unspecified atom stereocenters. The van der Waals surface area contributed by atoms with Gasteiger partial charge in [0.1, 0.15) is 0 Å². The molecule has 1 fully saturated rings. The Balaban J connectivity index is 2.58. The Morgan fingerprint density at radius 2 is 1.44 bits per heavy atom. The van der Waals surface area contributed by atoms with Crippen LogP contribution in [0.1, 0.15) is 19.3 Å². The maximum atomic E-state index is 6.46. The fourth-order valence-corrected chi connectivity index (χ4v) is 4.83. The number of hydrogen-bond acceptors (Lipinski definition) is 0. The second-order valence-electron chi connectivity index (χ2n) is 4.02. The van der Waals surface area contributed by atoms with Gasteiger partial charge in [-0.25, -0.2) is 0 Å². The van der Waals surface area contributed by atoms with E-state index in [1.54, 1.807) is 0 Å². The van der Waals surface area contributed by atoms with Gasteiger partial charge in [-0.05, 0) is 0 Å². The summed E-state index contributed by atoms with van der Waals surface area (Å²) in [6.07, 6.45) is 6.77. The van der Waals surface area contributed by atoms with E-state index >= 15 is 0 Å². The summed E-state index contributed by atoms with van der Waals surface area (Å²) in [6, 6.07) is 0. The van der Waals surface area contributed by atoms with E-state index in [0.717, 1.165) is 0 Å². The normalized spacial score (nSPS) is 36.6. The first-order valence-electron chi connectivity index (χ1n) is 3.70. The third-order valence-electron chi connectivity index (χ3n) is 2.20.